The van der Waals surface area contributed by atoms with Crippen LogP contribution < -0.4 is 14.8 Å². The molecule has 138 valence electrons. The first-order valence-electron chi connectivity index (χ1n) is 9.06. The van der Waals surface area contributed by atoms with Crippen molar-refractivity contribution in [1.82, 2.24) is 10.2 Å². The predicted octanol–water partition coefficient (Wildman–Crippen LogP) is 3.49. The van der Waals surface area contributed by atoms with E-state index in [0.29, 0.717) is 13.2 Å². The molecule has 1 N–H and O–H groups in total. The van der Waals surface area contributed by atoms with E-state index in [0.717, 1.165) is 24.3 Å². The smallest absolute Gasteiger partial charge is 0.317 e. The second-order valence-electron chi connectivity index (χ2n) is 6.75. The van der Waals surface area contributed by atoms with Gasteiger partial charge in [-0.2, -0.15) is 0 Å². The number of para-hydroxylation sites is 2. The number of ether oxygens (including phenoxy) is 2. The normalized spacial score (nSPS) is 16.6. The van der Waals surface area contributed by atoms with Gasteiger partial charge in [-0.3, -0.25) is 0 Å². The largest absolute Gasteiger partial charge is 0.486 e. The van der Waals surface area contributed by atoms with Gasteiger partial charge in [0.05, 0.1) is 6.54 Å². The minimum absolute atomic E-state index is 0.0898. The molecule has 0 aliphatic carbocycles. The summed E-state index contributed by atoms with van der Waals surface area (Å²) in [6, 6.07) is 17.9. The fourth-order valence-electron chi connectivity index (χ4n) is 2.96. The van der Waals surface area contributed by atoms with Crippen molar-refractivity contribution in [3.8, 4) is 11.5 Å². The van der Waals surface area contributed by atoms with Crippen molar-refractivity contribution >= 4 is 6.03 Å². The SMILES string of the molecule is C[C@@H](CCc1ccccc1)NC(=O)N(C)C[C@@H]1COc2ccccc2O1. The first-order chi connectivity index (χ1) is 12.6. The number of urea groups is 1. The third-order valence-electron chi connectivity index (χ3n) is 4.47. The molecule has 2 amide bonds. The first kappa shape index (κ1) is 18.1. The molecule has 1 aliphatic heterocycles. The van der Waals surface area contributed by atoms with Crippen molar-refractivity contribution in [2.75, 3.05) is 20.2 Å². The second-order valence-corrected chi connectivity index (χ2v) is 6.75. The Bertz CT molecular complexity index is 720. The van der Waals surface area contributed by atoms with E-state index in [2.05, 4.69) is 17.4 Å². The summed E-state index contributed by atoms with van der Waals surface area (Å²) in [5, 5.41) is 3.05. The summed E-state index contributed by atoms with van der Waals surface area (Å²) in [5.41, 5.74) is 1.29. The predicted molar refractivity (Wildman–Crippen MR) is 102 cm³/mol. The van der Waals surface area contributed by atoms with Crippen LogP contribution in [0, 0.1) is 0 Å². The monoisotopic (exact) mass is 354 g/mol. The van der Waals surface area contributed by atoms with Crippen LogP contribution in [0.5, 0.6) is 11.5 Å². The lowest BCUT2D eigenvalue weighted by Gasteiger charge is -2.30. The highest BCUT2D eigenvalue weighted by Crippen LogP contribution is 2.30. The molecule has 0 saturated heterocycles. The van der Waals surface area contributed by atoms with E-state index < -0.39 is 0 Å². The fraction of sp³-hybridized carbons (Fsp3) is 0.381. The molecular weight excluding hydrogens is 328 g/mol. The number of hydrogen-bond donors (Lipinski definition) is 1. The lowest BCUT2D eigenvalue weighted by Crippen LogP contribution is -2.47. The third-order valence-corrected chi connectivity index (χ3v) is 4.47. The number of hydrogen-bond acceptors (Lipinski definition) is 3. The van der Waals surface area contributed by atoms with Gasteiger partial charge < -0.3 is 19.7 Å². The molecule has 1 heterocycles. The van der Waals surface area contributed by atoms with E-state index in [-0.39, 0.29) is 18.2 Å². The molecule has 0 unspecified atom stereocenters. The van der Waals surface area contributed by atoms with Crippen molar-refractivity contribution < 1.29 is 14.3 Å². The molecule has 2 atom stereocenters. The molecule has 1 aliphatic rings. The molecule has 0 spiro atoms. The quantitative estimate of drug-likeness (QED) is 0.864. The fourth-order valence-corrected chi connectivity index (χ4v) is 2.96. The maximum atomic E-state index is 12.4. The van der Waals surface area contributed by atoms with Crippen molar-refractivity contribution in [3.63, 3.8) is 0 Å². The Balaban J connectivity index is 1.43. The van der Waals surface area contributed by atoms with Gasteiger partial charge in [0.15, 0.2) is 17.6 Å². The Kier molecular flexibility index (Phi) is 6.00. The van der Waals surface area contributed by atoms with Crippen LogP contribution in [-0.4, -0.2) is 43.3 Å². The molecule has 2 aromatic rings. The molecule has 0 radical (unpaired) electrons. The van der Waals surface area contributed by atoms with Crippen molar-refractivity contribution in [3.05, 3.63) is 60.2 Å². The highest BCUT2D eigenvalue weighted by atomic mass is 16.6. The lowest BCUT2D eigenvalue weighted by molar-refractivity contribution is 0.0712. The highest BCUT2D eigenvalue weighted by molar-refractivity contribution is 5.74. The Hall–Kier alpha value is -2.69. The number of aryl methyl sites for hydroxylation is 1. The van der Waals surface area contributed by atoms with Gasteiger partial charge in [0.2, 0.25) is 0 Å². The van der Waals surface area contributed by atoms with Crippen LogP contribution >= 0.6 is 0 Å². The molecule has 0 bridgehead atoms. The number of carbonyl (C=O) groups excluding carboxylic acids is 1. The molecule has 3 rings (SSSR count). The lowest BCUT2D eigenvalue weighted by atomic mass is 10.1. The molecule has 0 fully saturated rings. The van der Waals surface area contributed by atoms with Crippen molar-refractivity contribution in [2.45, 2.75) is 31.9 Å². The summed E-state index contributed by atoms with van der Waals surface area (Å²) >= 11 is 0. The average Bonchev–Trinajstić information content (AvgIpc) is 2.67. The summed E-state index contributed by atoms with van der Waals surface area (Å²) in [6.07, 6.45) is 1.68. The minimum atomic E-state index is -0.166. The number of rotatable bonds is 6. The Morgan fingerprint density at radius 1 is 1.15 bits per heavy atom. The van der Waals surface area contributed by atoms with Crippen LogP contribution in [0.1, 0.15) is 18.9 Å². The number of benzene rings is 2. The van der Waals surface area contributed by atoms with Crippen LogP contribution in [-0.2, 0) is 6.42 Å². The zero-order chi connectivity index (χ0) is 18.4. The number of likely N-dealkylation sites (N-methyl/N-ethyl adjacent to an activating group) is 1. The van der Waals surface area contributed by atoms with Crippen LogP contribution in [0.4, 0.5) is 4.79 Å². The van der Waals surface area contributed by atoms with Gasteiger partial charge in [-0.05, 0) is 37.5 Å². The molecule has 0 aromatic heterocycles. The Morgan fingerprint density at radius 3 is 2.62 bits per heavy atom. The summed E-state index contributed by atoms with van der Waals surface area (Å²) < 4.78 is 11.6. The van der Waals surface area contributed by atoms with E-state index in [1.54, 1.807) is 11.9 Å². The van der Waals surface area contributed by atoms with Crippen molar-refractivity contribution in [1.29, 1.82) is 0 Å². The van der Waals surface area contributed by atoms with Gasteiger partial charge in [-0.15, -0.1) is 0 Å². The van der Waals surface area contributed by atoms with Crippen molar-refractivity contribution in [2.24, 2.45) is 0 Å². The third kappa shape index (κ3) is 4.91. The van der Waals surface area contributed by atoms with Crippen LogP contribution in [0.2, 0.25) is 0 Å². The van der Waals surface area contributed by atoms with E-state index in [1.165, 1.54) is 5.56 Å². The zero-order valence-electron chi connectivity index (χ0n) is 15.4. The zero-order valence-corrected chi connectivity index (χ0v) is 15.4. The number of amides is 2. The van der Waals surface area contributed by atoms with Crippen LogP contribution in [0.25, 0.3) is 0 Å². The summed E-state index contributed by atoms with van der Waals surface area (Å²) in [4.78, 5) is 14.1. The van der Waals surface area contributed by atoms with Gasteiger partial charge in [0.1, 0.15) is 6.61 Å². The van der Waals surface area contributed by atoms with Crippen LogP contribution in [0.15, 0.2) is 54.6 Å². The Labute approximate surface area is 154 Å². The molecular formula is C21H26N2O3. The number of fused-ring (bicyclic) bond motifs is 1. The molecule has 5 nitrogen and oxygen atoms in total. The topological polar surface area (TPSA) is 50.8 Å². The first-order valence-corrected chi connectivity index (χ1v) is 9.06. The molecule has 5 heteroatoms. The van der Waals surface area contributed by atoms with Gasteiger partial charge in [-0.1, -0.05) is 42.5 Å². The molecule has 2 aromatic carbocycles. The van der Waals surface area contributed by atoms with Gasteiger partial charge in [0.25, 0.3) is 0 Å². The standard InChI is InChI=1S/C21H26N2O3/c1-16(12-13-17-8-4-3-5-9-17)22-21(24)23(2)14-18-15-25-19-10-6-7-11-20(19)26-18/h3-11,16,18H,12-15H2,1-2H3,(H,22,24)/t16-,18+/m0/s1. The van der Waals surface area contributed by atoms with Gasteiger partial charge >= 0.3 is 6.03 Å². The number of nitrogens with one attached hydrogen (secondary N) is 1. The molecule has 0 saturated carbocycles. The summed E-state index contributed by atoms with van der Waals surface area (Å²) in [7, 11) is 1.78. The molecule has 26 heavy (non-hydrogen) atoms. The number of nitrogens with zero attached hydrogens (tertiary/aromatic N) is 1. The highest BCUT2D eigenvalue weighted by Gasteiger charge is 2.24. The maximum Gasteiger partial charge on any atom is 0.317 e. The van der Waals surface area contributed by atoms with E-state index >= 15 is 0 Å². The van der Waals surface area contributed by atoms with E-state index in [1.807, 2.05) is 49.4 Å². The number of carbonyl (C=O) groups is 1. The Morgan fingerprint density at radius 2 is 1.85 bits per heavy atom. The van der Waals surface area contributed by atoms with Gasteiger partial charge in [0, 0.05) is 13.1 Å². The average molecular weight is 354 g/mol. The second kappa shape index (κ2) is 8.61. The van der Waals surface area contributed by atoms with Gasteiger partial charge in [-0.25, -0.2) is 4.79 Å². The summed E-state index contributed by atoms with van der Waals surface area (Å²) in [5.74, 6) is 1.49. The van der Waals surface area contributed by atoms with Crippen LogP contribution in [0.3, 0.4) is 0 Å². The maximum absolute atomic E-state index is 12.4. The van der Waals surface area contributed by atoms with E-state index in [9.17, 15) is 4.79 Å². The summed E-state index contributed by atoms with van der Waals surface area (Å²) in [6.45, 7) is 2.95. The minimum Gasteiger partial charge on any atom is -0.486 e. The van der Waals surface area contributed by atoms with E-state index in [4.69, 9.17) is 9.47 Å².